The van der Waals surface area contributed by atoms with Gasteiger partial charge in [-0.2, -0.15) is 13.2 Å². The molecule has 0 aromatic heterocycles. The Hall–Kier alpha value is -2.29. The van der Waals surface area contributed by atoms with Crippen molar-refractivity contribution in [1.29, 1.82) is 0 Å². The Morgan fingerprint density at radius 1 is 1.25 bits per heavy atom. The first-order valence-corrected chi connectivity index (χ1v) is 7.02. The van der Waals surface area contributed by atoms with Crippen molar-refractivity contribution in [1.82, 2.24) is 5.32 Å². The van der Waals surface area contributed by atoms with Crippen molar-refractivity contribution in [2.24, 2.45) is 0 Å². The maximum Gasteiger partial charge on any atom is 0.405 e. The molecular weight excluding hydrogens is 331 g/mol. The minimum Gasteiger partial charge on any atom is -0.496 e. The summed E-state index contributed by atoms with van der Waals surface area (Å²) in [7, 11) is 1.47. The molecule has 9 heteroatoms. The molecule has 0 aliphatic heterocycles. The molecule has 0 bridgehead atoms. The summed E-state index contributed by atoms with van der Waals surface area (Å²) in [6, 6.07) is 4.43. The maximum atomic E-state index is 12.0. The fourth-order valence-electron chi connectivity index (χ4n) is 1.69. The van der Waals surface area contributed by atoms with Crippen molar-refractivity contribution in [3.05, 3.63) is 29.3 Å². The molecular formula is C15H18F3NO5. The van der Waals surface area contributed by atoms with Crippen LogP contribution in [-0.4, -0.2) is 44.9 Å². The second kappa shape index (κ2) is 9.11. The van der Waals surface area contributed by atoms with Gasteiger partial charge in [-0.05, 0) is 25.1 Å². The third-order valence-electron chi connectivity index (χ3n) is 2.80. The van der Waals surface area contributed by atoms with Crippen molar-refractivity contribution in [2.75, 3.05) is 26.9 Å². The lowest BCUT2D eigenvalue weighted by atomic mass is 10.1. The Morgan fingerprint density at radius 3 is 2.54 bits per heavy atom. The summed E-state index contributed by atoms with van der Waals surface area (Å²) in [4.78, 5) is 23.1. The van der Waals surface area contributed by atoms with Crippen LogP contribution in [0.25, 0.3) is 0 Å². The average molecular weight is 349 g/mol. The number of rotatable bonds is 8. The number of carbonyl (C=O) groups is 2. The van der Waals surface area contributed by atoms with Crippen molar-refractivity contribution in [3.8, 4) is 5.75 Å². The van der Waals surface area contributed by atoms with E-state index < -0.39 is 31.2 Å². The summed E-state index contributed by atoms with van der Waals surface area (Å²) < 4.78 is 50.9. The van der Waals surface area contributed by atoms with Crippen LogP contribution < -0.4 is 10.1 Å². The van der Waals surface area contributed by atoms with Gasteiger partial charge in [-0.15, -0.1) is 0 Å². The second-order valence-electron chi connectivity index (χ2n) is 4.63. The van der Waals surface area contributed by atoms with Gasteiger partial charge in [0.25, 0.3) is 5.91 Å². The van der Waals surface area contributed by atoms with E-state index in [0.717, 1.165) is 0 Å². The Kier molecular flexibility index (Phi) is 7.50. The van der Waals surface area contributed by atoms with Crippen LogP contribution in [0.15, 0.2) is 18.2 Å². The number of halogens is 3. The van der Waals surface area contributed by atoms with Gasteiger partial charge >= 0.3 is 12.1 Å². The van der Waals surface area contributed by atoms with Crippen LogP contribution in [0.1, 0.15) is 22.8 Å². The zero-order chi connectivity index (χ0) is 18.2. The first-order chi connectivity index (χ1) is 11.3. The highest BCUT2D eigenvalue weighted by atomic mass is 19.4. The van der Waals surface area contributed by atoms with Crippen LogP contribution in [0, 0.1) is 0 Å². The van der Waals surface area contributed by atoms with Crippen molar-refractivity contribution in [2.45, 2.75) is 19.7 Å². The Labute approximate surface area is 136 Å². The number of esters is 1. The van der Waals surface area contributed by atoms with E-state index in [2.05, 4.69) is 4.74 Å². The van der Waals surface area contributed by atoms with Gasteiger partial charge in [-0.3, -0.25) is 4.79 Å². The minimum absolute atomic E-state index is 0.133. The molecule has 0 aliphatic carbocycles. The topological polar surface area (TPSA) is 73.9 Å². The molecule has 1 N–H and O–H groups in total. The molecule has 24 heavy (non-hydrogen) atoms. The molecule has 0 radical (unpaired) electrons. The number of methoxy groups -OCH3 is 1. The second-order valence-corrected chi connectivity index (χ2v) is 4.63. The number of hydrogen-bond acceptors (Lipinski definition) is 5. The zero-order valence-corrected chi connectivity index (χ0v) is 13.2. The first-order valence-electron chi connectivity index (χ1n) is 7.02. The highest BCUT2D eigenvalue weighted by molar-refractivity contribution is 5.91. The zero-order valence-electron chi connectivity index (χ0n) is 13.2. The molecule has 1 rings (SSSR count). The number of nitrogens with one attached hydrogen (secondary N) is 1. The van der Waals surface area contributed by atoms with Gasteiger partial charge in [-0.1, -0.05) is 0 Å². The molecule has 0 fully saturated rings. The smallest absolute Gasteiger partial charge is 0.405 e. The monoisotopic (exact) mass is 349 g/mol. The highest BCUT2D eigenvalue weighted by Crippen LogP contribution is 2.21. The van der Waals surface area contributed by atoms with Crippen molar-refractivity contribution < 1.29 is 37.0 Å². The average Bonchev–Trinajstić information content (AvgIpc) is 2.54. The normalized spacial score (nSPS) is 11.0. The lowest BCUT2D eigenvalue weighted by molar-refractivity contribution is -0.140. The standard InChI is InChI=1S/C15H18F3NO5/c1-3-23-7-11-6-10(4-5-12(11)22-2)14(21)24-8-13(20)19-9-15(16,17)18/h4-6H,3,7-9H2,1-2H3,(H,19,20). The van der Waals surface area contributed by atoms with Crippen LogP contribution in [0.5, 0.6) is 5.75 Å². The molecule has 0 aliphatic rings. The van der Waals surface area contributed by atoms with Gasteiger partial charge in [0.1, 0.15) is 12.3 Å². The fraction of sp³-hybridized carbons (Fsp3) is 0.467. The molecule has 6 nitrogen and oxygen atoms in total. The number of amides is 1. The van der Waals surface area contributed by atoms with E-state index in [-0.39, 0.29) is 12.2 Å². The summed E-state index contributed by atoms with van der Waals surface area (Å²) in [6.45, 7) is 0.209. The summed E-state index contributed by atoms with van der Waals surface area (Å²) in [6.07, 6.45) is -4.52. The molecule has 0 unspecified atom stereocenters. The fourth-order valence-corrected chi connectivity index (χ4v) is 1.69. The van der Waals surface area contributed by atoms with E-state index in [9.17, 15) is 22.8 Å². The molecule has 0 atom stereocenters. The Balaban J connectivity index is 2.62. The number of carbonyl (C=O) groups excluding carboxylic acids is 2. The van der Waals surface area contributed by atoms with Crippen LogP contribution in [0.2, 0.25) is 0 Å². The van der Waals surface area contributed by atoms with Gasteiger partial charge in [-0.25, -0.2) is 4.79 Å². The van der Waals surface area contributed by atoms with Crippen LogP contribution in [-0.2, 0) is 20.9 Å². The van der Waals surface area contributed by atoms with Crippen LogP contribution in [0.4, 0.5) is 13.2 Å². The minimum atomic E-state index is -4.52. The van der Waals surface area contributed by atoms with E-state index in [1.807, 2.05) is 6.92 Å². The predicted molar refractivity (Wildman–Crippen MR) is 77.7 cm³/mol. The molecule has 1 amide bonds. The molecule has 1 aromatic rings. The van der Waals surface area contributed by atoms with Gasteiger partial charge in [0.05, 0.1) is 19.3 Å². The quantitative estimate of drug-likeness (QED) is 0.728. The number of benzene rings is 1. The number of hydrogen-bond donors (Lipinski definition) is 1. The van der Waals surface area contributed by atoms with Gasteiger partial charge in [0, 0.05) is 12.2 Å². The first kappa shape index (κ1) is 19.8. The molecule has 0 saturated heterocycles. The summed E-state index contributed by atoms with van der Waals surface area (Å²) >= 11 is 0. The Bertz CT molecular complexity index is 575. The summed E-state index contributed by atoms with van der Waals surface area (Å²) in [5.41, 5.74) is 0.740. The number of alkyl halides is 3. The summed E-state index contributed by atoms with van der Waals surface area (Å²) in [5.74, 6) is -1.36. The van der Waals surface area contributed by atoms with E-state index >= 15 is 0 Å². The van der Waals surface area contributed by atoms with E-state index in [1.54, 1.807) is 5.32 Å². The van der Waals surface area contributed by atoms with E-state index in [0.29, 0.717) is 17.9 Å². The molecule has 0 saturated carbocycles. The molecule has 1 aromatic carbocycles. The number of ether oxygens (including phenoxy) is 3. The Morgan fingerprint density at radius 2 is 1.96 bits per heavy atom. The molecule has 134 valence electrons. The third-order valence-corrected chi connectivity index (χ3v) is 2.80. The highest BCUT2D eigenvalue weighted by Gasteiger charge is 2.27. The lowest BCUT2D eigenvalue weighted by Crippen LogP contribution is -2.36. The largest absolute Gasteiger partial charge is 0.496 e. The van der Waals surface area contributed by atoms with Crippen molar-refractivity contribution in [3.63, 3.8) is 0 Å². The predicted octanol–water partition coefficient (Wildman–Crippen LogP) is 2.07. The van der Waals surface area contributed by atoms with Gasteiger partial charge in [0.15, 0.2) is 6.61 Å². The SMILES string of the molecule is CCOCc1cc(C(=O)OCC(=O)NCC(F)(F)F)ccc1OC. The van der Waals surface area contributed by atoms with Crippen molar-refractivity contribution >= 4 is 11.9 Å². The van der Waals surface area contributed by atoms with Crippen LogP contribution in [0.3, 0.4) is 0 Å². The van der Waals surface area contributed by atoms with Crippen LogP contribution >= 0.6 is 0 Å². The maximum absolute atomic E-state index is 12.0. The van der Waals surface area contributed by atoms with E-state index in [4.69, 9.17) is 9.47 Å². The lowest BCUT2D eigenvalue weighted by Gasteiger charge is -2.11. The molecule has 0 heterocycles. The molecule has 0 spiro atoms. The third kappa shape index (κ3) is 6.86. The van der Waals surface area contributed by atoms with Gasteiger partial charge < -0.3 is 19.5 Å². The summed E-state index contributed by atoms with van der Waals surface area (Å²) in [5, 5.41) is 1.61. The van der Waals surface area contributed by atoms with E-state index in [1.165, 1.54) is 25.3 Å². The van der Waals surface area contributed by atoms with Gasteiger partial charge in [0.2, 0.25) is 0 Å².